The van der Waals surface area contributed by atoms with Crippen molar-refractivity contribution in [2.24, 2.45) is 5.90 Å². The molecule has 1 aromatic rings. The van der Waals surface area contributed by atoms with Crippen molar-refractivity contribution >= 4 is 0 Å². The van der Waals surface area contributed by atoms with E-state index in [0.717, 1.165) is 0 Å². The highest BCUT2D eigenvalue weighted by Crippen LogP contribution is 2.48. The van der Waals surface area contributed by atoms with Crippen LogP contribution in [0.1, 0.15) is 44.7 Å². The van der Waals surface area contributed by atoms with E-state index in [2.05, 4.69) is 45.0 Å². The van der Waals surface area contributed by atoms with Crippen LogP contribution in [0.3, 0.4) is 0 Å². The first-order valence-corrected chi connectivity index (χ1v) is 5.91. The van der Waals surface area contributed by atoms with Crippen LogP contribution in [-0.2, 0) is 15.7 Å². The maximum absolute atomic E-state index is 5.22. The number of hydrogen-bond acceptors (Lipinski definition) is 2. The van der Waals surface area contributed by atoms with E-state index in [1.165, 1.54) is 24.0 Å². The van der Waals surface area contributed by atoms with Crippen molar-refractivity contribution < 1.29 is 4.84 Å². The summed E-state index contributed by atoms with van der Waals surface area (Å²) >= 11 is 0. The van der Waals surface area contributed by atoms with Crippen LogP contribution in [0.15, 0.2) is 24.3 Å². The van der Waals surface area contributed by atoms with Crippen LogP contribution < -0.4 is 5.90 Å². The lowest BCUT2D eigenvalue weighted by Crippen LogP contribution is -2.19. The summed E-state index contributed by atoms with van der Waals surface area (Å²) in [7, 11) is 0. The summed E-state index contributed by atoms with van der Waals surface area (Å²) in [6.07, 6.45) is 2.38. The zero-order chi connectivity index (χ0) is 11.8. The molecule has 0 spiro atoms. The molecule has 1 saturated carbocycles. The molecule has 1 aromatic carbocycles. The molecule has 0 saturated heterocycles. The monoisotopic (exact) mass is 219 g/mol. The van der Waals surface area contributed by atoms with E-state index in [9.17, 15) is 0 Å². The highest BCUT2D eigenvalue weighted by molar-refractivity contribution is 5.37. The third kappa shape index (κ3) is 2.13. The van der Waals surface area contributed by atoms with Crippen molar-refractivity contribution in [3.63, 3.8) is 0 Å². The third-order valence-electron chi connectivity index (χ3n) is 3.55. The van der Waals surface area contributed by atoms with Gasteiger partial charge in [0.2, 0.25) is 0 Å². The van der Waals surface area contributed by atoms with Crippen molar-refractivity contribution in [2.45, 2.75) is 44.4 Å². The van der Waals surface area contributed by atoms with Gasteiger partial charge in [-0.15, -0.1) is 0 Å². The average Bonchev–Trinajstić information content (AvgIpc) is 2.99. The molecule has 2 N–H and O–H groups in total. The predicted octanol–water partition coefficient (Wildman–Crippen LogP) is 2.91. The Hall–Kier alpha value is -0.860. The molecule has 1 aliphatic rings. The van der Waals surface area contributed by atoms with Crippen LogP contribution in [0.2, 0.25) is 0 Å². The highest BCUT2D eigenvalue weighted by Gasteiger charge is 2.44. The molecule has 1 fully saturated rings. The minimum absolute atomic E-state index is 0.204. The largest absolute Gasteiger partial charge is 0.304 e. The molecule has 0 aliphatic heterocycles. The lowest BCUT2D eigenvalue weighted by atomic mass is 9.84. The van der Waals surface area contributed by atoms with Gasteiger partial charge in [-0.25, -0.2) is 5.90 Å². The fourth-order valence-electron chi connectivity index (χ4n) is 2.14. The molecule has 0 radical (unpaired) electrons. The maximum atomic E-state index is 5.22. The topological polar surface area (TPSA) is 35.2 Å². The second kappa shape index (κ2) is 3.86. The van der Waals surface area contributed by atoms with Crippen LogP contribution in [-0.4, -0.2) is 6.61 Å². The number of rotatable bonds is 3. The van der Waals surface area contributed by atoms with Gasteiger partial charge in [0, 0.05) is 5.41 Å². The molecule has 0 unspecified atom stereocenters. The standard InChI is InChI=1S/C14H21NO/c1-13(2,3)11-5-4-6-12(9-11)14(7-8-14)10-16-15/h4-6,9H,7-8,10,15H2,1-3H3. The van der Waals surface area contributed by atoms with Crippen molar-refractivity contribution in [3.8, 4) is 0 Å². The number of benzene rings is 1. The summed E-state index contributed by atoms with van der Waals surface area (Å²) in [6.45, 7) is 7.36. The Balaban J connectivity index is 2.30. The molecular formula is C14H21NO. The Kier molecular flexibility index (Phi) is 2.81. The molecule has 2 rings (SSSR count). The van der Waals surface area contributed by atoms with E-state index in [1.807, 2.05) is 0 Å². The van der Waals surface area contributed by atoms with Gasteiger partial charge in [0.05, 0.1) is 6.61 Å². The highest BCUT2D eigenvalue weighted by atomic mass is 16.6. The van der Waals surface area contributed by atoms with Crippen molar-refractivity contribution in [2.75, 3.05) is 6.61 Å². The van der Waals surface area contributed by atoms with Gasteiger partial charge >= 0.3 is 0 Å². The molecule has 16 heavy (non-hydrogen) atoms. The zero-order valence-corrected chi connectivity index (χ0v) is 10.4. The maximum Gasteiger partial charge on any atom is 0.0775 e. The molecule has 0 atom stereocenters. The molecule has 1 aliphatic carbocycles. The Labute approximate surface area is 97.8 Å². The summed E-state index contributed by atoms with van der Waals surface area (Å²) in [5.41, 5.74) is 3.17. The minimum Gasteiger partial charge on any atom is -0.304 e. The molecule has 88 valence electrons. The van der Waals surface area contributed by atoms with Crippen molar-refractivity contribution in [1.82, 2.24) is 0 Å². The lowest BCUT2D eigenvalue weighted by Gasteiger charge is -2.22. The fraction of sp³-hybridized carbons (Fsp3) is 0.571. The summed E-state index contributed by atoms with van der Waals surface area (Å²) < 4.78 is 0. The van der Waals surface area contributed by atoms with E-state index >= 15 is 0 Å². The predicted molar refractivity (Wildman–Crippen MR) is 66.2 cm³/mol. The van der Waals surface area contributed by atoms with E-state index in [1.54, 1.807) is 0 Å². The second-order valence-electron chi connectivity index (χ2n) is 5.92. The van der Waals surface area contributed by atoms with Gasteiger partial charge in [0.15, 0.2) is 0 Å². The Bertz CT molecular complexity index is 375. The van der Waals surface area contributed by atoms with Gasteiger partial charge in [-0.1, -0.05) is 45.0 Å². The average molecular weight is 219 g/mol. The van der Waals surface area contributed by atoms with Gasteiger partial charge in [-0.05, 0) is 29.4 Å². The van der Waals surface area contributed by atoms with Crippen LogP contribution in [0.5, 0.6) is 0 Å². The Morgan fingerprint density at radius 3 is 2.50 bits per heavy atom. The first-order valence-electron chi connectivity index (χ1n) is 5.91. The van der Waals surface area contributed by atoms with E-state index in [0.29, 0.717) is 6.61 Å². The SMILES string of the molecule is CC(C)(C)c1cccc(C2(CON)CC2)c1. The summed E-state index contributed by atoms with van der Waals surface area (Å²) in [6, 6.07) is 8.85. The lowest BCUT2D eigenvalue weighted by molar-refractivity contribution is 0.116. The number of nitrogens with two attached hydrogens (primary N) is 1. The minimum atomic E-state index is 0.204. The van der Waals surface area contributed by atoms with E-state index < -0.39 is 0 Å². The first-order chi connectivity index (χ1) is 7.48. The summed E-state index contributed by atoms with van der Waals surface area (Å²) in [5.74, 6) is 5.22. The van der Waals surface area contributed by atoms with Gasteiger partial charge in [-0.3, -0.25) is 0 Å². The quantitative estimate of drug-likeness (QED) is 0.793. The third-order valence-corrected chi connectivity index (χ3v) is 3.55. The summed E-state index contributed by atoms with van der Waals surface area (Å²) in [5, 5.41) is 0. The van der Waals surface area contributed by atoms with Gasteiger partial charge in [0.25, 0.3) is 0 Å². The molecule has 0 amide bonds. The summed E-state index contributed by atoms with van der Waals surface area (Å²) in [4.78, 5) is 4.85. The van der Waals surface area contributed by atoms with Gasteiger partial charge in [-0.2, -0.15) is 0 Å². The Morgan fingerprint density at radius 1 is 1.31 bits per heavy atom. The first kappa shape index (κ1) is 11.6. The molecule has 2 nitrogen and oxygen atoms in total. The van der Waals surface area contributed by atoms with Crippen LogP contribution in [0.4, 0.5) is 0 Å². The van der Waals surface area contributed by atoms with Gasteiger partial charge < -0.3 is 4.84 Å². The number of hydrogen-bond donors (Lipinski definition) is 1. The zero-order valence-electron chi connectivity index (χ0n) is 10.4. The molecule has 0 aromatic heterocycles. The molecule has 0 heterocycles. The molecular weight excluding hydrogens is 198 g/mol. The fourth-order valence-corrected chi connectivity index (χ4v) is 2.14. The second-order valence-corrected chi connectivity index (χ2v) is 5.92. The van der Waals surface area contributed by atoms with E-state index in [4.69, 9.17) is 10.7 Å². The normalized spacial score (nSPS) is 18.5. The molecule has 2 heteroatoms. The smallest absolute Gasteiger partial charge is 0.0775 e. The van der Waals surface area contributed by atoms with Crippen LogP contribution in [0.25, 0.3) is 0 Å². The van der Waals surface area contributed by atoms with Gasteiger partial charge in [0.1, 0.15) is 0 Å². The van der Waals surface area contributed by atoms with Crippen LogP contribution >= 0.6 is 0 Å². The Morgan fingerprint density at radius 2 is 2.00 bits per heavy atom. The van der Waals surface area contributed by atoms with Crippen molar-refractivity contribution in [1.29, 1.82) is 0 Å². The van der Waals surface area contributed by atoms with Crippen molar-refractivity contribution in [3.05, 3.63) is 35.4 Å². The van der Waals surface area contributed by atoms with E-state index in [-0.39, 0.29) is 10.8 Å². The molecule has 0 bridgehead atoms. The van der Waals surface area contributed by atoms with Crippen LogP contribution in [0, 0.1) is 0 Å².